The monoisotopic (exact) mass is 419 g/mol. The predicted octanol–water partition coefficient (Wildman–Crippen LogP) is 1.39. The molecule has 2 aliphatic heterocycles. The number of nitrogens with zero attached hydrogens (tertiary/aromatic N) is 2. The molecule has 9 heteroatoms. The number of aliphatic carboxylic acids is 1. The highest BCUT2D eigenvalue weighted by Gasteiger charge is 2.41. The summed E-state index contributed by atoms with van der Waals surface area (Å²) >= 11 is 0. The molecule has 3 amide bonds. The lowest BCUT2D eigenvalue weighted by molar-refractivity contribution is -0.150. The number of hydrogen-bond donors (Lipinski definition) is 2. The quantitative estimate of drug-likeness (QED) is 0.725. The summed E-state index contributed by atoms with van der Waals surface area (Å²) in [5.41, 5.74) is 0.509. The number of hydrogen-bond acceptors (Lipinski definition) is 4. The Morgan fingerprint density at radius 3 is 2.47 bits per heavy atom. The molecule has 2 saturated heterocycles. The van der Waals surface area contributed by atoms with Gasteiger partial charge in [0.05, 0.1) is 5.92 Å². The van der Waals surface area contributed by atoms with Crippen LogP contribution in [0, 0.1) is 17.7 Å². The molecule has 3 rings (SSSR count). The van der Waals surface area contributed by atoms with Crippen molar-refractivity contribution in [2.75, 3.05) is 18.0 Å². The Morgan fingerprint density at radius 2 is 1.87 bits per heavy atom. The van der Waals surface area contributed by atoms with Crippen molar-refractivity contribution < 1.29 is 28.7 Å². The lowest BCUT2D eigenvalue weighted by atomic mass is 10.00. The first kappa shape index (κ1) is 21.7. The maximum atomic E-state index is 13.1. The van der Waals surface area contributed by atoms with Gasteiger partial charge in [0.1, 0.15) is 17.9 Å². The number of carboxylic acids is 1. The fraction of sp³-hybridized carbons (Fsp3) is 0.524. The summed E-state index contributed by atoms with van der Waals surface area (Å²) in [7, 11) is 0. The number of likely N-dealkylation sites (tertiary alicyclic amines) is 1. The van der Waals surface area contributed by atoms with Gasteiger partial charge in [0.25, 0.3) is 0 Å². The Hall–Kier alpha value is -2.97. The van der Waals surface area contributed by atoms with Crippen LogP contribution in [0.25, 0.3) is 0 Å². The maximum absolute atomic E-state index is 13.1. The first-order chi connectivity index (χ1) is 14.2. The number of nitrogens with one attached hydrogen (secondary N) is 1. The minimum atomic E-state index is -1.05. The summed E-state index contributed by atoms with van der Waals surface area (Å²) in [4.78, 5) is 52.3. The molecule has 162 valence electrons. The number of halogens is 1. The van der Waals surface area contributed by atoms with Crippen LogP contribution in [0.3, 0.4) is 0 Å². The molecule has 0 aromatic heterocycles. The number of anilines is 1. The zero-order chi connectivity index (χ0) is 22.0. The Morgan fingerprint density at radius 1 is 1.20 bits per heavy atom. The van der Waals surface area contributed by atoms with Crippen LogP contribution in [0.5, 0.6) is 0 Å². The third-order valence-corrected chi connectivity index (χ3v) is 5.69. The lowest BCUT2D eigenvalue weighted by Gasteiger charge is -2.30. The molecule has 0 spiro atoms. The van der Waals surface area contributed by atoms with Crippen molar-refractivity contribution in [2.45, 2.75) is 45.2 Å². The molecule has 2 fully saturated rings. The zero-order valence-electron chi connectivity index (χ0n) is 17.0. The van der Waals surface area contributed by atoms with E-state index in [9.17, 15) is 28.7 Å². The van der Waals surface area contributed by atoms with Gasteiger partial charge in [-0.15, -0.1) is 0 Å². The highest BCUT2D eigenvalue weighted by Crippen LogP contribution is 2.26. The molecule has 2 aliphatic rings. The zero-order valence-corrected chi connectivity index (χ0v) is 17.0. The van der Waals surface area contributed by atoms with E-state index in [0.29, 0.717) is 25.1 Å². The summed E-state index contributed by atoms with van der Waals surface area (Å²) in [5, 5.41) is 12.1. The van der Waals surface area contributed by atoms with Crippen LogP contribution in [0.1, 0.15) is 33.1 Å². The van der Waals surface area contributed by atoms with Crippen LogP contribution in [0.4, 0.5) is 10.1 Å². The fourth-order valence-electron chi connectivity index (χ4n) is 4.00. The molecular formula is C21H26FN3O5. The Balaban J connectivity index is 1.68. The number of rotatable bonds is 6. The second-order valence-corrected chi connectivity index (χ2v) is 8.14. The Bertz CT molecular complexity index is 842. The van der Waals surface area contributed by atoms with Gasteiger partial charge in [-0.3, -0.25) is 14.4 Å². The van der Waals surface area contributed by atoms with Crippen molar-refractivity contribution in [3.8, 4) is 0 Å². The van der Waals surface area contributed by atoms with Crippen molar-refractivity contribution >= 4 is 29.4 Å². The largest absolute Gasteiger partial charge is 0.480 e. The molecule has 30 heavy (non-hydrogen) atoms. The molecule has 2 unspecified atom stereocenters. The molecule has 1 aromatic carbocycles. The maximum Gasteiger partial charge on any atom is 0.326 e. The molecule has 1 aromatic rings. The number of carbonyl (C=O) groups is 4. The van der Waals surface area contributed by atoms with Crippen LogP contribution in [-0.4, -0.2) is 58.9 Å². The van der Waals surface area contributed by atoms with Gasteiger partial charge >= 0.3 is 5.97 Å². The summed E-state index contributed by atoms with van der Waals surface area (Å²) in [6, 6.07) is 3.71. The third-order valence-electron chi connectivity index (χ3n) is 5.69. The van der Waals surface area contributed by atoms with E-state index in [1.54, 1.807) is 13.8 Å². The standard InChI is InChI=1S/C21H26FN3O5/c1-12(2)18(20(28)24-9-3-4-16(24)21(29)30)23-19(27)13-10-17(26)25(11-13)15-7-5-14(22)6-8-15/h5-8,12-13,16,18H,3-4,9-11H2,1-2H3,(H,23,27)(H,29,30)/t13?,16?,18-/m1/s1. The molecule has 0 radical (unpaired) electrons. The van der Waals surface area contributed by atoms with Gasteiger partial charge in [0.2, 0.25) is 17.7 Å². The molecule has 3 atom stereocenters. The lowest BCUT2D eigenvalue weighted by Crippen LogP contribution is -2.54. The molecule has 2 N–H and O–H groups in total. The van der Waals surface area contributed by atoms with Gasteiger partial charge in [0.15, 0.2) is 0 Å². The normalized spacial score (nSPS) is 22.5. The minimum Gasteiger partial charge on any atom is -0.480 e. The number of amides is 3. The van der Waals surface area contributed by atoms with Crippen molar-refractivity contribution in [1.82, 2.24) is 10.2 Å². The molecular weight excluding hydrogens is 393 g/mol. The van der Waals surface area contributed by atoms with E-state index in [4.69, 9.17) is 0 Å². The molecule has 0 aliphatic carbocycles. The van der Waals surface area contributed by atoms with Crippen molar-refractivity contribution in [1.29, 1.82) is 0 Å². The first-order valence-electron chi connectivity index (χ1n) is 10.1. The fourth-order valence-corrected chi connectivity index (χ4v) is 4.00. The van der Waals surface area contributed by atoms with E-state index in [2.05, 4.69) is 5.32 Å². The summed E-state index contributed by atoms with van der Waals surface area (Å²) < 4.78 is 13.1. The van der Waals surface area contributed by atoms with E-state index in [0.717, 1.165) is 0 Å². The second kappa shape index (κ2) is 8.81. The third kappa shape index (κ3) is 4.44. The summed E-state index contributed by atoms with van der Waals surface area (Å²) in [6.45, 7) is 4.03. The SMILES string of the molecule is CC(C)[C@@H](NC(=O)C1CC(=O)N(c2ccc(F)cc2)C1)C(=O)N1CCCC1C(=O)O. The van der Waals surface area contributed by atoms with E-state index < -0.39 is 41.6 Å². The van der Waals surface area contributed by atoms with E-state index in [1.165, 1.54) is 34.1 Å². The van der Waals surface area contributed by atoms with E-state index in [1.807, 2.05) is 0 Å². The van der Waals surface area contributed by atoms with Crippen LogP contribution in [-0.2, 0) is 19.2 Å². The van der Waals surface area contributed by atoms with Gasteiger partial charge in [-0.2, -0.15) is 0 Å². The smallest absolute Gasteiger partial charge is 0.326 e. The molecule has 8 nitrogen and oxygen atoms in total. The van der Waals surface area contributed by atoms with Gasteiger partial charge in [-0.05, 0) is 43.0 Å². The Labute approximate surface area is 174 Å². The van der Waals surface area contributed by atoms with Crippen LogP contribution >= 0.6 is 0 Å². The highest BCUT2D eigenvalue weighted by molar-refractivity contribution is 6.01. The van der Waals surface area contributed by atoms with E-state index >= 15 is 0 Å². The number of carbonyl (C=O) groups excluding carboxylic acids is 3. The minimum absolute atomic E-state index is 0.0102. The summed E-state index contributed by atoms with van der Waals surface area (Å²) in [5.74, 6) is -3.45. The van der Waals surface area contributed by atoms with Gasteiger partial charge in [-0.25, -0.2) is 9.18 Å². The number of carboxylic acid groups (broad SMARTS) is 1. The van der Waals surface area contributed by atoms with E-state index in [-0.39, 0.29) is 24.8 Å². The van der Waals surface area contributed by atoms with Crippen molar-refractivity contribution in [2.24, 2.45) is 11.8 Å². The van der Waals surface area contributed by atoms with Crippen LogP contribution in [0.2, 0.25) is 0 Å². The average molecular weight is 419 g/mol. The van der Waals surface area contributed by atoms with Crippen molar-refractivity contribution in [3.63, 3.8) is 0 Å². The molecule has 0 saturated carbocycles. The molecule has 0 bridgehead atoms. The first-order valence-corrected chi connectivity index (χ1v) is 10.1. The topological polar surface area (TPSA) is 107 Å². The van der Waals surface area contributed by atoms with Gasteiger partial charge in [0, 0.05) is 25.2 Å². The van der Waals surface area contributed by atoms with Crippen molar-refractivity contribution in [3.05, 3.63) is 30.1 Å². The summed E-state index contributed by atoms with van der Waals surface area (Å²) in [6.07, 6.45) is 0.985. The average Bonchev–Trinajstić information content (AvgIpc) is 3.33. The Kier molecular flexibility index (Phi) is 6.38. The highest BCUT2D eigenvalue weighted by atomic mass is 19.1. The van der Waals surface area contributed by atoms with Crippen LogP contribution < -0.4 is 10.2 Å². The van der Waals surface area contributed by atoms with Crippen LogP contribution in [0.15, 0.2) is 24.3 Å². The number of benzene rings is 1. The molecule has 2 heterocycles. The predicted molar refractivity (Wildman–Crippen MR) is 106 cm³/mol. The van der Waals surface area contributed by atoms with Gasteiger partial charge < -0.3 is 20.2 Å². The van der Waals surface area contributed by atoms with Gasteiger partial charge in [-0.1, -0.05) is 13.8 Å². The second-order valence-electron chi connectivity index (χ2n) is 8.14.